The lowest BCUT2D eigenvalue weighted by molar-refractivity contribution is 1.16. The van der Waals surface area contributed by atoms with Crippen LogP contribution in [0.3, 0.4) is 0 Å². The van der Waals surface area contributed by atoms with Gasteiger partial charge in [-0.25, -0.2) is 4.98 Å². The Kier molecular flexibility index (Phi) is 3.31. The lowest BCUT2D eigenvalue weighted by atomic mass is 10.2. The standard InChI is InChI=1S/C9H7N3S/c1-2-13-9-7(5-10)3-4-12-8(9)6-11/h3-4H,2H2,1H3. The van der Waals surface area contributed by atoms with Crippen molar-refractivity contribution in [2.24, 2.45) is 0 Å². The van der Waals surface area contributed by atoms with Gasteiger partial charge in [-0.15, -0.1) is 11.8 Å². The van der Waals surface area contributed by atoms with Gasteiger partial charge in [0.15, 0.2) is 5.69 Å². The van der Waals surface area contributed by atoms with Crippen molar-refractivity contribution in [3.05, 3.63) is 23.5 Å². The summed E-state index contributed by atoms with van der Waals surface area (Å²) < 4.78 is 0. The predicted octanol–water partition coefficient (Wildman–Crippen LogP) is 1.94. The molecule has 0 radical (unpaired) electrons. The number of thioether (sulfide) groups is 1. The van der Waals surface area contributed by atoms with Crippen LogP contribution in [0.25, 0.3) is 0 Å². The van der Waals surface area contributed by atoms with Crippen LogP contribution in [0.4, 0.5) is 0 Å². The fourth-order valence-electron chi connectivity index (χ4n) is 0.906. The smallest absolute Gasteiger partial charge is 0.155 e. The molecule has 1 aromatic rings. The average molecular weight is 189 g/mol. The summed E-state index contributed by atoms with van der Waals surface area (Å²) in [5, 5.41) is 17.5. The lowest BCUT2D eigenvalue weighted by Crippen LogP contribution is -1.90. The predicted molar refractivity (Wildman–Crippen MR) is 50.1 cm³/mol. The molecule has 64 valence electrons. The fourth-order valence-corrected chi connectivity index (χ4v) is 1.70. The summed E-state index contributed by atoms with van der Waals surface area (Å²) in [7, 11) is 0. The molecule has 0 aliphatic rings. The number of nitriles is 2. The van der Waals surface area contributed by atoms with E-state index in [2.05, 4.69) is 4.98 Å². The Morgan fingerprint density at radius 3 is 2.77 bits per heavy atom. The molecule has 1 aromatic heterocycles. The normalized spacial score (nSPS) is 8.85. The Morgan fingerprint density at radius 2 is 2.23 bits per heavy atom. The zero-order valence-electron chi connectivity index (χ0n) is 7.11. The van der Waals surface area contributed by atoms with Crippen LogP contribution in [0, 0.1) is 22.7 Å². The summed E-state index contributed by atoms with van der Waals surface area (Å²) in [5.74, 6) is 0.828. The van der Waals surface area contributed by atoms with Crippen LogP contribution in [0.2, 0.25) is 0 Å². The number of nitrogens with zero attached hydrogens (tertiary/aromatic N) is 3. The van der Waals surface area contributed by atoms with Crippen LogP contribution in [0.15, 0.2) is 17.2 Å². The van der Waals surface area contributed by atoms with E-state index in [-0.39, 0.29) is 0 Å². The summed E-state index contributed by atoms with van der Waals surface area (Å²) in [6, 6.07) is 5.64. The van der Waals surface area contributed by atoms with Crippen molar-refractivity contribution in [2.45, 2.75) is 11.8 Å². The van der Waals surface area contributed by atoms with E-state index in [1.165, 1.54) is 18.0 Å². The van der Waals surface area contributed by atoms with Crippen molar-refractivity contribution in [2.75, 3.05) is 5.75 Å². The number of pyridine rings is 1. The largest absolute Gasteiger partial charge is 0.244 e. The Bertz CT molecular complexity index is 355. The zero-order chi connectivity index (χ0) is 9.68. The van der Waals surface area contributed by atoms with Gasteiger partial charge in [0.05, 0.1) is 10.5 Å². The molecule has 0 amide bonds. The molecule has 13 heavy (non-hydrogen) atoms. The van der Waals surface area contributed by atoms with Gasteiger partial charge in [-0.2, -0.15) is 10.5 Å². The quantitative estimate of drug-likeness (QED) is 0.667. The Labute approximate surface area is 81.0 Å². The highest BCUT2D eigenvalue weighted by Gasteiger charge is 2.08. The minimum absolute atomic E-state index is 0.339. The molecule has 0 aliphatic carbocycles. The van der Waals surface area contributed by atoms with Gasteiger partial charge in [-0.05, 0) is 11.8 Å². The van der Waals surface area contributed by atoms with Crippen LogP contribution in [0.5, 0.6) is 0 Å². The molecule has 0 N–H and O–H groups in total. The highest BCUT2D eigenvalue weighted by atomic mass is 32.2. The van der Waals surface area contributed by atoms with Gasteiger partial charge in [0.25, 0.3) is 0 Å². The third-order valence-electron chi connectivity index (χ3n) is 1.42. The molecule has 4 heteroatoms. The Hall–Kier alpha value is -1.52. The van der Waals surface area contributed by atoms with E-state index < -0.39 is 0 Å². The van der Waals surface area contributed by atoms with E-state index in [0.717, 1.165) is 5.75 Å². The maximum atomic E-state index is 8.76. The summed E-state index contributed by atoms with van der Waals surface area (Å²) in [4.78, 5) is 4.58. The molecule has 0 saturated carbocycles. The van der Waals surface area contributed by atoms with E-state index in [0.29, 0.717) is 16.2 Å². The summed E-state index contributed by atoms with van der Waals surface area (Å²) in [6.45, 7) is 1.97. The van der Waals surface area contributed by atoms with E-state index in [1.54, 1.807) is 6.07 Å². The molecule has 0 unspecified atom stereocenters. The third-order valence-corrected chi connectivity index (χ3v) is 2.41. The first-order valence-electron chi connectivity index (χ1n) is 3.75. The highest BCUT2D eigenvalue weighted by Crippen LogP contribution is 2.24. The minimum Gasteiger partial charge on any atom is -0.244 e. The van der Waals surface area contributed by atoms with E-state index >= 15 is 0 Å². The summed E-state index contributed by atoms with van der Waals surface area (Å²) in [6.07, 6.45) is 1.48. The molecule has 0 fully saturated rings. The summed E-state index contributed by atoms with van der Waals surface area (Å²) >= 11 is 1.47. The molecule has 0 aromatic carbocycles. The van der Waals surface area contributed by atoms with Crippen LogP contribution >= 0.6 is 11.8 Å². The topological polar surface area (TPSA) is 60.5 Å². The summed E-state index contributed by atoms with van der Waals surface area (Å²) in [5.41, 5.74) is 0.865. The van der Waals surface area contributed by atoms with Gasteiger partial charge in [-0.3, -0.25) is 0 Å². The van der Waals surface area contributed by atoms with Gasteiger partial charge >= 0.3 is 0 Å². The highest BCUT2D eigenvalue weighted by molar-refractivity contribution is 7.99. The first-order chi connectivity index (χ1) is 6.33. The molecule has 1 heterocycles. The van der Waals surface area contributed by atoms with Gasteiger partial charge in [0.2, 0.25) is 0 Å². The number of aromatic nitrogens is 1. The van der Waals surface area contributed by atoms with E-state index in [4.69, 9.17) is 10.5 Å². The molecular weight excluding hydrogens is 182 g/mol. The van der Waals surface area contributed by atoms with Crippen LogP contribution < -0.4 is 0 Å². The zero-order valence-corrected chi connectivity index (χ0v) is 7.93. The van der Waals surface area contributed by atoms with Crippen LogP contribution in [0.1, 0.15) is 18.2 Å². The molecule has 3 nitrogen and oxygen atoms in total. The van der Waals surface area contributed by atoms with E-state index in [9.17, 15) is 0 Å². The monoisotopic (exact) mass is 189 g/mol. The first kappa shape index (κ1) is 9.57. The third kappa shape index (κ3) is 1.99. The molecule has 0 aliphatic heterocycles. The van der Waals surface area contributed by atoms with Crippen molar-refractivity contribution in [3.8, 4) is 12.1 Å². The van der Waals surface area contributed by atoms with Gasteiger partial charge in [0, 0.05) is 6.20 Å². The van der Waals surface area contributed by atoms with Crippen LogP contribution in [-0.4, -0.2) is 10.7 Å². The van der Waals surface area contributed by atoms with Gasteiger partial charge in [-0.1, -0.05) is 6.92 Å². The number of rotatable bonds is 2. The number of hydrogen-bond acceptors (Lipinski definition) is 4. The van der Waals surface area contributed by atoms with Crippen molar-refractivity contribution in [1.29, 1.82) is 10.5 Å². The van der Waals surface area contributed by atoms with Crippen molar-refractivity contribution < 1.29 is 0 Å². The van der Waals surface area contributed by atoms with Crippen molar-refractivity contribution >= 4 is 11.8 Å². The SMILES string of the molecule is CCSc1c(C#N)ccnc1C#N. The second-order valence-electron chi connectivity index (χ2n) is 2.19. The molecule has 0 saturated heterocycles. The number of hydrogen-bond donors (Lipinski definition) is 0. The first-order valence-corrected chi connectivity index (χ1v) is 4.74. The molecule has 0 spiro atoms. The molecular formula is C9H7N3S. The van der Waals surface area contributed by atoms with Gasteiger partial charge in [0.1, 0.15) is 12.1 Å². The molecule has 0 atom stereocenters. The van der Waals surface area contributed by atoms with Crippen molar-refractivity contribution in [1.82, 2.24) is 4.98 Å². The van der Waals surface area contributed by atoms with Crippen molar-refractivity contribution in [3.63, 3.8) is 0 Å². The maximum absolute atomic E-state index is 8.76. The Morgan fingerprint density at radius 1 is 1.46 bits per heavy atom. The fraction of sp³-hybridized carbons (Fsp3) is 0.222. The second kappa shape index (κ2) is 4.49. The van der Waals surface area contributed by atoms with Gasteiger partial charge < -0.3 is 0 Å². The Balaban J connectivity index is 3.25. The molecule has 1 rings (SSSR count). The lowest BCUT2D eigenvalue weighted by Gasteiger charge is -2.01. The van der Waals surface area contributed by atoms with E-state index in [1.807, 2.05) is 19.1 Å². The minimum atomic E-state index is 0.339. The maximum Gasteiger partial charge on any atom is 0.155 e. The molecule has 0 bridgehead atoms. The second-order valence-corrected chi connectivity index (χ2v) is 3.47. The van der Waals surface area contributed by atoms with Crippen LogP contribution in [-0.2, 0) is 0 Å². The average Bonchev–Trinajstić information content (AvgIpc) is 2.18.